The minimum atomic E-state index is -0.467. The Morgan fingerprint density at radius 1 is 1.38 bits per heavy atom. The molecule has 0 bridgehead atoms. The van der Waals surface area contributed by atoms with E-state index in [1.807, 2.05) is 0 Å². The molecule has 0 saturated heterocycles. The number of esters is 1. The third kappa shape index (κ3) is 5.20. The first-order valence-corrected chi connectivity index (χ1v) is 8.25. The third-order valence-corrected chi connectivity index (χ3v) is 4.02. The Bertz CT molecular complexity index is 728. The number of nitrogens with zero attached hydrogens (tertiary/aromatic N) is 1. The molecule has 1 unspecified atom stereocenters. The quantitative estimate of drug-likeness (QED) is 0.228. The summed E-state index contributed by atoms with van der Waals surface area (Å²) in [6.07, 6.45) is 1.07. The van der Waals surface area contributed by atoms with Crippen molar-refractivity contribution in [1.82, 2.24) is 5.32 Å². The van der Waals surface area contributed by atoms with Crippen LogP contribution in [0.25, 0.3) is 0 Å². The van der Waals surface area contributed by atoms with E-state index in [-0.39, 0.29) is 24.2 Å². The standard InChI is InChI=1S/C17H23N5O4/c1-26-14(23)9-12-7-10-3-4-11(8-13(10)22-16(12)25)15(24)20-5-2-6-21-17(18)19/h3-4,8,12H,2,5-7,9H2,1H3,(H,20,24)(H,22,25)(H4,18,19,21). The molecule has 1 atom stereocenters. The zero-order chi connectivity index (χ0) is 19.1. The fourth-order valence-corrected chi connectivity index (χ4v) is 2.65. The summed E-state index contributed by atoms with van der Waals surface area (Å²) < 4.78 is 4.61. The first kappa shape index (κ1) is 19.2. The van der Waals surface area contributed by atoms with E-state index in [2.05, 4.69) is 20.4 Å². The number of anilines is 1. The number of guanidine groups is 1. The maximum Gasteiger partial charge on any atom is 0.306 e. The largest absolute Gasteiger partial charge is 0.469 e. The van der Waals surface area contributed by atoms with Gasteiger partial charge in [-0.15, -0.1) is 0 Å². The molecule has 0 saturated carbocycles. The molecule has 0 fully saturated rings. The van der Waals surface area contributed by atoms with Crippen molar-refractivity contribution < 1.29 is 19.1 Å². The van der Waals surface area contributed by atoms with Gasteiger partial charge in [-0.1, -0.05) is 6.07 Å². The van der Waals surface area contributed by atoms with Gasteiger partial charge < -0.3 is 26.8 Å². The normalized spacial score (nSPS) is 15.4. The summed E-state index contributed by atoms with van der Waals surface area (Å²) in [6.45, 7) is 0.866. The average molecular weight is 361 g/mol. The van der Waals surface area contributed by atoms with E-state index in [0.29, 0.717) is 37.2 Å². The van der Waals surface area contributed by atoms with Crippen molar-refractivity contribution in [3.8, 4) is 0 Å². The van der Waals surface area contributed by atoms with Gasteiger partial charge in [0.05, 0.1) is 19.4 Å². The molecule has 0 spiro atoms. The lowest BCUT2D eigenvalue weighted by Gasteiger charge is -2.24. The summed E-state index contributed by atoms with van der Waals surface area (Å²) in [5.74, 6) is -1.37. The van der Waals surface area contributed by atoms with E-state index >= 15 is 0 Å². The number of nitrogens with two attached hydrogens (primary N) is 2. The molecule has 26 heavy (non-hydrogen) atoms. The molecule has 0 aromatic heterocycles. The number of hydrogen-bond acceptors (Lipinski definition) is 5. The third-order valence-electron chi connectivity index (χ3n) is 4.02. The second-order valence-corrected chi connectivity index (χ2v) is 5.96. The molecule has 140 valence electrons. The number of rotatable bonds is 7. The van der Waals surface area contributed by atoms with Crippen LogP contribution in [0.15, 0.2) is 23.2 Å². The topological polar surface area (TPSA) is 149 Å². The molecule has 2 amide bonds. The highest BCUT2D eigenvalue weighted by Crippen LogP contribution is 2.28. The van der Waals surface area contributed by atoms with Gasteiger partial charge in [0.15, 0.2) is 5.96 Å². The zero-order valence-corrected chi connectivity index (χ0v) is 14.6. The molecule has 0 radical (unpaired) electrons. The molecule has 1 aromatic carbocycles. The maximum atomic E-state index is 12.2. The number of amides is 2. The van der Waals surface area contributed by atoms with E-state index in [4.69, 9.17) is 11.5 Å². The number of nitrogens with one attached hydrogen (secondary N) is 2. The van der Waals surface area contributed by atoms with Gasteiger partial charge in [0.1, 0.15) is 0 Å². The van der Waals surface area contributed by atoms with Crippen LogP contribution in [-0.2, 0) is 20.7 Å². The predicted molar refractivity (Wildman–Crippen MR) is 96.5 cm³/mol. The monoisotopic (exact) mass is 361 g/mol. The highest BCUT2D eigenvalue weighted by Gasteiger charge is 2.28. The first-order valence-electron chi connectivity index (χ1n) is 8.25. The van der Waals surface area contributed by atoms with Gasteiger partial charge in [0.2, 0.25) is 5.91 Å². The molecule has 1 aliphatic heterocycles. The lowest BCUT2D eigenvalue weighted by molar-refractivity contribution is -0.143. The van der Waals surface area contributed by atoms with Crippen molar-refractivity contribution >= 4 is 29.4 Å². The number of methoxy groups -OCH3 is 1. The Kier molecular flexibility index (Phi) is 6.54. The summed E-state index contributed by atoms with van der Waals surface area (Å²) in [5, 5.41) is 5.52. The van der Waals surface area contributed by atoms with Gasteiger partial charge >= 0.3 is 5.97 Å². The van der Waals surface area contributed by atoms with Crippen LogP contribution in [0.4, 0.5) is 5.69 Å². The van der Waals surface area contributed by atoms with Gasteiger partial charge in [-0.05, 0) is 30.5 Å². The summed E-state index contributed by atoms with van der Waals surface area (Å²) in [7, 11) is 1.29. The lowest BCUT2D eigenvalue weighted by Crippen LogP contribution is -2.32. The lowest BCUT2D eigenvalue weighted by atomic mass is 9.90. The molecular weight excluding hydrogens is 338 g/mol. The van der Waals surface area contributed by atoms with Crippen LogP contribution in [0.2, 0.25) is 0 Å². The Balaban J connectivity index is 1.95. The fraction of sp³-hybridized carbons (Fsp3) is 0.412. The Morgan fingerprint density at radius 3 is 2.85 bits per heavy atom. The van der Waals surface area contributed by atoms with E-state index < -0.39 is 11.9 Å². The van der Waals surface area contributed by atoms with E-state index in [0.717, 1.165) is 5.56 Å². The van der Waals surface area contributed by atoms with Crippen LogP contribution in [-0.4, -0.2) is 43.9 Å². The highest BCUT2D eigenvalue weighted by atomic mass is 16.5. The van der Waals surface area contributed by atoms with Gasteiger partial charge in [0, 0.05) is 24.3 Å². The van der Waals surface area contributed by atoms with E-state index in [9.17, 15) is 14.4 Å². The predicted octanol–water partition coefficient (Wildman–Crippen LogP) is -0.246. The van der Waals surface area contributed by atoms with Crippen LogP contribution in [0.3, 0.4) is 0 Å². The molecule has 9 nitrogen and oxygen atoms in total. The smallest absolute Gasteiger partial charge is 0.306 e. The van der Waals surface area contributed by atoms with Gasteiger partial charge in [-0.2, -0.15) is 0 Å². The molecule has 6 N–H and O–H groups in total. The van der Waals surface area contributed by atoms with Crippen LogP contribution >= 0.6 is 0 Å². The van der Waals surface area contributed by atoms with Crippen molar-refractivity contribution in [2.75, 3.05) is 25.5 Å². The minimum Gasteiger partial charge on any atom is -0.469 e. The fourth-order valence-electron chi connectivity index (χ4n) is 2.65. The highest BCUT2D eigenvalue weighted by molar-refractivity contribution is 6.00. The van der Waals surface area contributed by atoms with Crippen molar-refractivity contribution in [2.45, 2.75) is 19.3 Å². The van der Waals surface area contributed by atoms with Gasteiger partial charge in [-0.3, -0.25) is 19.4 Å². The minimum absolute atomic E-state index is 0.0206. The van der Waals surface area contributed by atoms with Crippen LogP contribution in [0, 0.1) is 5.92 Å². The molecule has 0 aliphatic carbocycles. The van der Waals surface area contributed by atoms with Crippen molar-refractivity contribution in [2.24, 2.45) is 22.4 Å². The Hall–Kier alpha value is -3.10. The summed E-state index contributed by atoms with van der Waals surface area (Å²) >= 11 is 0. The van der Waals surface area contributed by atoms with Crippen LogP contribution in [0.5, 0.6) is 0 Å². The average Bonchev–Trinajstić information content (AvgIpc) is 2.61. The Morgan fingerprint density at radius 2 is 2.15 bits per heavy atom. The number of fused-ring (bicyclic) bond motifs is 1. The molecule has 1 heterocycles. The second-order valence-electron chi connectivity index (χ2n) is 5.96. The van der Waals surface area contributed by atoms with Crippen LogP contribution < -0.4 is 22.1 Å². The molecular formula is C17H23N5O4. The summed E-state index contributed by atoms with van der Waals surface area (Å²) in [4.78, 5) is 39.5. The van der Waals surface area contributed by atoms with Gasteiger partial charge in [-0.25, -0.2) is 0 Å². The summed E-state index contributed by atoms with van der Waals surface area (Å²) in [6, 6.07) is 5.11. The maximum absolute atomic E-state index is 12.2. The van der Waals surface area contributed by atoms with E-state index in [1.165, 1.54) is 7.11 Å². The Labute approximate surface area is 151 Å². The number of aliphatic imine (C=N–C) groups is 1. The molecule has 1 aromatic rings. The number of carbonyl (C=O) groups is 3. The van der Waals surface area contributed by atoms with E-state index in [1.54, 1.807) is 18.2 Å². The van der Waals surface area contributed by atoms with Gasteiger partial charge in [0.25, 0.3) is 5.91 Å². The zero-order valence-electron chi connectivity index (χ0n) is 14.6. The second kappa shape index (κ2) is 8.84. The molecule has 9 heteroatoms. The number of benzene rings is 1. The van der Waals surface area contributed by atoms with Crippen molar-refractivity contribution in [3.05, 3.63) is 29.3 Å². The van der Waals surface area contributed by atoms with Crippen LogP contribution in [0.1, 0.15) is 28.8 Å². The SMILES string of the molecule is COC(=O)CC1Cc2ccc(C(=O)NCCCN=C(N)N)cc2NC1=O. The van der Waals surface area contributed by atoms with Crippen molar-refractivity contribution in [3.63, 3.8) is 0 Å². The molecule has 1 aliphatic rings. The number of carbonyl (C=O) groups excluding carboxylic acids is 3. The number of ether oxygens (including phenoxy) is 1. The van der Waals surface area contributed by atoms with Crippen molar-refractivity contribution in [1.29, 1.82) is 0 Å². The first-order chi connectivity index (χ1) is 12.4. The molecule has 2 rings (SSSR count). The summed E-state index contributed by atoms with van der Waals surface area (Å²) in [5.41, 5.74) is 12.4. The number of hydrogen-bond donors (Lipinski definition) is 4.